The average Bonchev–Trinajstić information content (AvgIpc) is 2.73. The second-order valence-corrected chi connectivity index (χ2v) is 8.95. The molecule has 0 bridgehead atoms. The van der Waals surface area contributed by atoms with Crippen LogP contribution in [-0.4, -0.2) is 35.1 Å². The molecule has 0 saturated heterocycles. The van der Waals surface area contributed by atoms with Crippen LogP contribution in [0.25, 0.3) is 0 Å². The number of halogens is 2. The Labute approximate surface area is 193 Å². The van der Waals surface area contributed by atoms with Gasteiger partial charge in [0.25, 0.3) is 0 Å². The number of hydrogen-bond acceptors (Lipinski definition) is 3. The Morgan fingerprint density at radius 1 is 1.07 bits per heavy atom. The number of nitrogens with zero attached hydrogens (tertiary/aromatic N) is 1. The lowest BCUT2D eigenvalue weighted by Crippen LogP contribution is -2.48. The van der Waals surface area contributed by atoms with Gasteiger partial charge < -0.3 is 10.2 Å². The van der Waals surface area contributed by atoms with Crippen molar-refractivity contribution in [1.29, 1.82) is 0 Å². The Balaban J connectivity index is 2.03. The zero-order valence-corrected chi connectivity index (χ0v) is 19.7. The van der Waals surface area contributed by atoms with E-state index in [0.29, 0.717) is 28.9 Å². The minimum atomic E-state index is -0.559. The molecule has 0 aliphatic carbocycles. The fourth-order valence-corrected chi connectivity index (χ4v) is 4.07. The lowest BCUT2D eigenvalue weighted by atomic mass is 10.1. The third-order valence-corrected chi connectivity index (χ3v) is 6.12. The van der Waals surface area contributed by atoms with Crippen LogP contribution < -0.4 is 5.32 Å². The van der Waals surface area contributed by atoms with Crippen LogP contribution in [0.15, 0.2) is 48.5 Å². The molecule has 0 heterocycles. The average molecular weight is 467 g/mol. The molecule has 2 rings (SSSR count). The summed E-state index contributed by atoms with van der Waals surface area (Å²) in [6.45, 7) is 4.82. The van der Waals surface area contributed by atoms with E-state index in [1.807, 2.05) is 36.4 Å². The number of thioether (sulfide) groups is 1. The molecule has 0 saturated carbocycles. The van der Waals surface area contributed by atoms with Gasteiger partial charge >= 0.3 is 0 Å². The van der Waals surface area contributed by atoms with E-state index in [-0.39, 0.29) is 17.6 Å². The van der Waals surface area contributed by atoms with Gasteiger partial charge in [-0.15, -0.1) is 11.8 Å². The molecule has 1 unspecified atom stereocenters. The van der Waals surface area contributed by atoms with Crippen LogP contribution in [0, 0.1) is 0 Å². The molecular formula is C23H28Cl2N2O2S. The predicted molar refractivity (Wildman–Crippen MR) is 127 cm³/mol. The highest BCUT2D eigenvalue weighted by atomic mass is 35.5. The molecule has 162 valence electrons. The van der Waals surface area contributed by atoms with Crippen molar-refractivity contribution < 1.29 is 9.59 Å². The van der Waals surface area contributed by atoms with Gasteiger partial charge in [0.15, 0.2) is 0 Å². The number of rotatable bonds is 11. The van der Waals surface area contributed by atoms with E-state index in [2.05, 4.69) is 12.2 Å². The first-order chi connectivity index (χ1) is 14.4. The maximum atomic E-state index is 13.0. The Kier molecular flexibility index (Phi) is 10.6. The zero-order chi connectivity index (χ0) is 21.9. The number of carbonyl (C=O) groups excluding carboxylic acids is 2. The van der Waals surface area contributed by atoms with Crippen molar-refractivity contribution in [2.45, 2.75) is 45.0 Å². The molecule has 0 aliphatic heterocycles. The zero-order valence-electron chi connectivity index (χ0n) is 17.4. The Bertz CT molecular complexity index is 830. The van der Waals surface area contributed by atoms with Crippen LogP contribution in [-0.2, 0) is 21.9 Å². The van der Waals surface area contributed by atoms with Gasteiger partial charge in [0.2, 0.25) is 11.8 Å². The summed E-state index contributed by atoms with van der Waals surface area (Å²) in [6, 6.07) is 14.4. The summed E-state index contributed by atoms with van der Waals surface area (Å²) in [6.07, 6.45) is 1.92. The number of unbranched alkanes of at least 4 members (excludes halogenated alkanes) is 1. The summed E-state index contributed by atoms with van der Waals surface area (Å²) in [7, 11) is 0. The van der Waals surface area contributed by atoms with Crippen LogP contribution in [0.2, 0.25) is 10.0 Å². The monoisotopic (exact) mass is 466 g/mol. The standard InChI is InChI=1S/C23H28Cl2N2O2S/c1-3-4-12-26-23(29)17(2)27(14-18-8-10-20(24)11-9-18)22(28)16-30-15-19-6-5-7-21(25)13-19/h5-11,13,17H,3-4,12,14-16H2,1-2H3,(H,26,29). The van der Waals surface area contributed by atoms with E-state index in [9.17, 15) is 9.59 Å². The normalized spacial score (nSPS) is 11.7. The summed E-state index contributed by atoms with van der Waals surface area (Å²) >= 11 is 13.5. The summed E-state index contributed by atoms with van der Waals surface area (Å²) in [5.74, 6) is 0.755. The molecule has 4 nitrogen and oxygen atoms in total. The van der Waals surface area contributed by atoms with E-state index in [1.54, 1.807) is 24.0 Å². The minimum absolute atomic E-state index is 0.0740. The summed E-state index contributed by atoms with van der Waals surface area (Å²) in [5, 5.41) is 4.25. The second-order valence-electron chi connectivity index (χ2n) is 7.09. The fraction of sp³-hybridized carbons (Fsp3) is 0.391. The Morgan fingerprint density at radius 2 is 1.80 bits per heavy atom. The van der Waals surface area contributed by atoms with Gasteiger partial charge in [0.05, 0.1) is 5.75 Å². The molecule has 0 spiro atoms. The topological polar surface area (TPSA) is 49.4 Å². The van der Waals surface area contributed by atoms with Crippen LogP contribution >= 0.6 is 35.0 Å². The quantitative estimate of drug-likeness (QED) is 0.440. The van der Waals surface area contributed by atoms with Crippen molar-refractivity contribution in [2.75, 3.05) is 12.3 Å². The molecule has 30 heavy (non-hydrogen) atoms. The summed E-state index contributed by atoms with van der Waals surface area (Å²) in [5.41, 5.74) is 2.00. The molecule has 2 aromatic rings. The Hall–Kier alpha value is -1.69. The van der Waals surface area contributed by atoms with Gasteiger partial charge in [0.1, 0.15) is 6.04 Å². The van der Waals surface area contributed by atoms with E-state index >= 15 is 0 Å². The maximum Gasteiger partial charge on any atom is 0.242 e. The molecule has 0 aliphatic rings. The maximum absolute atomic E-state index is 13.0. The van der Waals surface area contributed by atoms with Crippen molar-refractivity contribution in [2.24, 2.45) is 0 Å². The third-order valence-electron chi connectivity index (χ3n) is 4.65. The number of benzene rings is 2. The van der Waals surface area contributed by atoms with Crippen molar-refractivity contribution in [3.05, 3.63) is 69.7 Å². The van der Waals surface area contributed by atoms with Crippen LogP contribution in [0.4, 0.5) is 0 Å². The highest BCUT2D eigenvalue weighted by Crippen LogP contribution is 2.19. The fourth-order valence-electron chi connectivity index (χ4n) is 2.87. The first-order valence-electron chi connectivity index (χ1n) is 10.0. The predicted octanol–water partition coefficient (Wildman–Crippen LogP) is 5.56. The first-order valence-corrected chi connectivity index (χ1v) is 12.0. The van der Waals surface area contributed by atoms with Gasteiger partial charge in [-0.2, -0.15) is 0 Å². The highest BCUT2D eigenvalue weighted by molar-refractivity contribution is 7.99. The lowest BCUT2D eigenvalue weighted by molar-refractivity contribution is -0.138. The molecule has 1 atom stereocenters. The van der Waals surface area contributed by atoms with Gasteiger partial charge in [-0.1, -0.05) is 60.8 Å². The molecule has 0 fully saturated rings. The first kappa shape index (κ1) is 24.6. The number of amides is 2. The lowest BCUT2D eigenvalue weighted by Gasteiger charge is -2.29. The number of nitrogens with one attached hydrogen (secondary N) is 1. The minimum Gasteiger partial charge on any atom is -0.354 e. The summed E-state index contributed by atoms with van der Waals surface area (Å²) in [4.78, 5) is 27.2. The molecule has 0 radical (unpaired) electrons. The SMILES string of the molecule is CCCCNC(=O)C(C)N(Cc1ccc(Cl)cc1)C(=O)CSCc1cccc(Cl)c1. The van der Waals surface area contributed by atoms with Gasteiger partial charge in [-0.05, 0) is 48.7 Å². The van der Waals surface area contributed by atoms with E-state index in [0.717, 1.165) is 24.0 Å². The summed E-state index contributed by atoms with van der Waals surface area (Å²) < 4.78 is 0. The van der Waals surface area contributed by atoms with E-state index in [1.165, 1.54) is 11.8 Å². The largest absolute Gasteiger partial charge is 0.354 e. The van der Waals surface area contributed by atoms with Crippen LogP contribution in [0.3, 0.4) is 0 Å². The Morgan fingerprint density at radius 3 is 2.47 bits per heavy atom. The van der Waals surface area contributed by atoms with Crippen LogP contribution in [0.5, 0.6) is 0 Å². The van der Waals surface area contributed by atoms with Crippen molar-refractivity contribution >= 4 is 46.8 Å². The van der Waals surface area contributed by atoms with E-state index < -0.39 is 6.04 Å². The van der Waals surface area contributed by atoms with Gasteiger partial charge in [0, 0.05) is 28.9 Å². The molecule has 1 N–H and O–H groups in total. The van der Waals surface area contributed by atoms with Crippen molar-refractivity contribution in [1.82, 2.24) is 10.2 Å². The molecular weight excluding hydrogens is 439 g/mol. The van der Waals surface area contributed by atoms with Gasteiger partial charge in [-0.3, -0.25) is 9.59 Å². The molecule has 0 aromatic heterocycles. The smallest absolute Gasteiger partial charge is 0.242 e. The highest BCUT2D eigenvalue weighted by Gasteiger charge is 2.25. The molecule has 2 aromatic carbocycles. The second kappa shape index (κ2) is 12.9. The molecule has 2 amide bonds. The van der Waals surface area contributed by atoms with E-state index in [4.69, 9.17) is 23.2 Å². The number of hydrogen-bond donors (Lipinski definition) is 1. The van der Waals surface area contributed by atoms with Crippen molar-refractivity contribution in [3.63, 3.8) is 0 Å². The third kappa shape index (κ3) is 8.21. The van der Waals surface area contributed by atoms with Crippen LogP contribution in [0.1, 0.15) is 37.8 Å². The number of carbonyl (C=O) groups is 2. The molecule has 7 heteroatoms. The van der Waals surface area contributed by atoms with Gasteiger partial charge in [-0.25, -0.2) is 0 Å². The van der Waals surface area contributed by atoms with Crippen molar-refractivity contribution in [3.8, 4) is 0 Å².